The van der Waals surface area contributed by atoms with Crippen molar-refractivity contribution in [1.82, 2.24) is 9.97 Å². The summed E-state index contributed by atoms with van der Waals surface area (Å²) in [5.41, 5.74) is -0.102. The number of unbranched alkanes of at least 4 members (excludes halogenated alkanes) is 1. The fraction of sp³-hybridized carbons (Fsp3) is 0.556. The molecule has 7 heteroatoms. The van der Waals surface area contributed by atoms with Gasteiger partial charge in [0.05, 0.1) is 4.92 Å². The minimum atomic E-state index is -0.492. The third kappa shape index (κ3) is 3.04. The Hall–Kier alpha value is -1.92. The van der Waals surface area contributed by atoms with E-state index in [2.05, 4.69) is 27.5 Å². The van der Waals surface area contributed by atoms with E-state index in [1.807, 2.05) is 0 Å². The molecule has 0 aliphatic carbocycles. The Balaban J connectivity index is 2.87. The molecule has 0 radical (unpaired) electrons. The van der Waals surface area contributed by atoms with Gasteiger partial charge < -0.3 is 10.6 Å². The van der Waals surface area contributed by atoms with Crippen LogP contribution in [0.5, 0.6) is 0 Å². The summed E-state index contributed by atoms with van der Waals surface area (Å²) < 4.78 is 0. The first kappa shape index (κ1) is 12.2. The van der Waals surface area contributed by atoms with Gasteiger partial charge in [0.1, 0.15) is 6.20 Å². The lowest BCUT2D eigenvalue weighted by Gasteiger charge is -2.06. The molecular formula is C9H15N5O2. The number of anilines is 2. The number of nitrogens with one attached hydrogen (secondary N) is 2. The van der Waals surface area contributed by atoms with E-state index in [-0.39, 0.29) is 11.5 Å². The van der Waals surface area contributed by atoms with Gasteiger partial charge in [-0.2, -0.15) is 4.98 Å². The Morgan fingerprint density at radius 2 is 2.31 bits per heavy atom. The van der Waals surface area contributed by atoms with E-state index in [9.17, 15) is 10.1 Å². The molecule has 16 heavy (non-hydrogen) atoms. The van der Waals surface area contributed by atoms with Gasteiger partial charge in [0, 0.05) is 13.6 Å². The smallest absolute Gasteiger partial charge is 0.329 e. The molecule has 1 heterocycles. The normalized spacial score (nSPS) is 9.88. The Labute approximate surface area is 93.4 Å². The van der Waals surface area contributed by atoms with Crippen LogP contribution in [0, 0.1) is 10.1 Å². The van der Waals surface area contributed by atoms with E-state index in [1.165, 1.54) is 6.20 Å². The summed E-state index contributed by atoms with van der Waals surface area (Å²) in [6.07, 6.45) is 3.16. The van der Waals surface area contributed by atoms with Gasteiger partial charge in [-0.1, -0.05) is 13.3 Å². The second-order valence-corrected chi connectivity index (χ2v) is 3.21. The van der Waals surface area contributed by atoms with Crippen LogP contribution in [0.2, 0.25) is 0 Å². The Morgan fingerprint density at radius 3 is 2.88 bits per heavy atom. The Bertz CT molecular complexity index is 369. The minimum Gasteiger partial charge on any atom is -0.364 e. The summed E-state index contributed by atoms with van der Waals surface area (Å²) in [4.78, 5) is 18.0. The molecule has 1 rings (SSSR count). The molecule has 0 saturated carbocycles. The van der Waals surface area contributed by atoms with Gasteiger partial charge in [-0.05, 0) is 6.42 Å². The van der Waals surface area contributed by atoms with Crippen LogP contribution >= 0.6 is 0 Å². The number of aromatic nitrogens is 2. The molecular weight excluding hydrogens is 210 g/mol. The van der Waals surface area contributed by atoms with Crippen LogP contribution in [0.25, 0.3) is 0 Å². The molecule has 0 saturated heterocycles. The summed E-state index contributed by atoms with van der Waals surface area (Å²) >= 11 is 0. The number of nitro groups is 1. The predicted molar refractivity (Wildman–Crippen MR) is 61.6 cm³/mol. The maximum atomic E-state index is 10.7. The average Bonchev–Trinajstić information content (AvgIpc) is 2.29. The molecule has 1 aromatic heterocycles. The zero-order valence-corrected chi connectivity index (χ0v) is 9.36. The van der Waals surface area contributed by atoms with Gasteiger partial charge in [0.15, 0.2) is 0 Å². The predicted octanol–water partition coefficient (Wildman–Crippen LogP) is 1.64. The van der Waals surface area contributed by atoms with E-state index in [4.69, 9.17) is 0 Å². The number of nitrogens with zero attached hydrogens (tertiary/aromatic N) is 3. The van der Waals surface area contributed by atoms with Crippen molar-refractivity contribution in [2.75, 3.05) is 24.2 Å². The zero-order chi connectivity index (χ0) is 12.0. The third-order valence-corrected chi connectivity index (χ3v) is 2.01. The van der Waals surface area contributed by atoms with Crippen molar-refractivity contribution in [2.45, 2.75) is 19.8 Å². The van der Waals surface area contributed by atoms with Crippen LogP contribution in [0.3, 0.4) is 0 Å². The van der Waals surface area contributed by atoms with Gasteiger partial charge in [0.25, 0.3) is 0 Å². The van der Waals surface area contributed by atoms with Gasteiger partial charge in [-0.3, -0.25) is 10.1 Å². The zero-order valence-electron chi connectivity index (χ0n) is 9.36. The van der Waals surface area contributed by atoms with Crippen molar-refractivity contribution in [2.24, 2.45) is 0 Å². The molecule has 88 valence electrons. The first-order valence-electron chi connectivity index (χ1n) is 5.12. The summed E-state index contributed by atoms with van der Waals surface area (Å²) in [5.74, 6) is 0.627. The van der Waals surface area contributed by atoms with E-state index in [0.29, 0.717) is 12.5 Å². The highest BCUT2D eigenvalue weighted by Gasteiger charge is 2.16. The molecule has 0 bridgehead atoms. The van der Waals surface area contributed by atoms with Crippen LogP contribution in [0.1, 0.15) is 19.8 Å². The van der Waals surface area contributed by atoms with Crippen LogP contribution < -0.4 is 10.6 Å². The van der Waals surface area contributed by atoms with E-state index >= 15 is 0 Å². The molecule has 0 aliphatic rings. The molecule has 0 spiro atoms. The van der Waals surface area contributed by atoms with Gasteiger partial charge in [-0.15, -0.1) is 0 Å². The standard InChI is InChI=1S/C9H15N5O2/c1-3-4-5-11-8-7(14(15)16)6-12-9(10-2)13-8/h6H,3-5H2,1-2H3,(H2,10,11,12,13). The first-order chi connectivity index (χ1) is 7.69. The lowest BCUT2D eigenvalue weighted by molar-refractivity contribution is -0.384. The molecule has 0 fully saturated rings. The monoisotopic (exact) mass is 225 g/mol. The van der Waals surface area contributed by atoms with Crippen molar-refractivity contribution in [3.05, 3.63) is 16.3 Å². The topological polar surface area (TPSA) is 93.0 Å². The highest BCUT2D eigenvalue weighted by atomic mass is 16.6. The van der Waals surface area contributed by atoms with E-state index < -0.39 is 4.92 Å². The van der Waals surface area contributed by atoms with E-state index in [0.717, 1.165) is 12.8 Å². The third-order valence-electron chi connectivity index (χ3n) is 2.01. The fourth-order valence-electron chi connectivity index (χ4n) is 1.14. The van der Waals surface area contributed by atoms with E-state index in [1.54, 1.807) is 7.05 Å². The van der Waals surface area contributed by atoms with Gasteiger partial charge in [0.2, 0.25) is 11.8 Å². The van der Waals surface area contributed by atoms with Crippen molar-refractivity contribution < 1.29 is 4.92 Å². The molecule has 2 N–H and O–H groups in total. The maximum Gasteiger partial charge on any atom is 0.329 e. The first-order valence-corrected chi connectivity index (χ1v) is 5.12. The van der Waals surface area contributed by atoms with Crippen LogP contribution in [0.4, 0.5) is 17.5 Å². The van der Waals surface area contributed by atoms with Crippen LogP contribution in [-0.4, -0.2) is 28.5 Å². The lowest BCUT2D eigenvalue weighted by Crippen LogP contribution is -2.08. The minimum absolute atomic E-state index is 0.102. The fourth-order valence-corrected chi connectivity index (χ4v) is 1.14. The molecule has 1 aromatic rings. The Morgan fingerprint density at radius 1 is 1.56 bits per heavy atom. The van der Waals surface area contributed by atoms with Crippen LogP contribution in [0.15, 0.2) is 6.20 Å². The summed E-state index contributed by atoms with van der Waals surface area (Å²) in [5, 5.41) is 16.4. The van der Waals surface area contributed by atoms with Gasteiger partial charge in [-0.25, -0.2) is 4.98 Å². The van der Waals surface area contributed by atoms with Crippen molar-refractivity contribution in [3.63, 3.8) is 0 Å². The molecule has 0 unspecified atom stereocenters. The SMILES string of the molecule is CCCCNc1nc(NC)ncc1[N+](=O)[O-]. The summed E-state index contributed by atoms with van der Waals surface area (Å²) in [6.45, 7) is 2.71. The largest absolute Gasteiger partial charge is 0.364 e. The average molecular weight is 225 g/mol. The highest BCUT2D eigenvalue weighted by Crippen LogP contribution is 2.21. The lowest BCUT2D eigenvalue weighted by atomic mass is 10.3. The second kappa shape index (κ2) is 5.84. The maximum absolute atomic E-state index is 10.7. The number of rotatable bonds is 6. The molecule has 7 nitrogen and oxygen atoms in total. The quantitative estimate of drug-likeness (QED) is 0.434. The molecule has 0 aliphatic heterocycles. The molecule has 0 atom stereocenters. The Kier molecular flexibility index (Phi) is 4.43. The highest BCUT2D eigenvalue weighted by molar-refractivity contribution is 5.56. The van der Waals surface area contributed by atoms with Crippen LogP contribution in [-0.2, 0) is 0 Å². The van der Waals surface area contributed by atoms with Crippen molar-refractivity contribution >= 4 is 17.5 Å². The van der Waals surface area contributed by atoms with Crippen molar-refractivity contribution in [1.29, 1.82) is 0 Å². The summed E-state index contributed by atoms with van der Waals surface area (Å²) in [7, 11) is 1.66. The van der Waals surface area contributed by atoms with Crippen molar-refractivity contribution in [3.8, 4) is 0 Å². The van der Waals surface area contributed by atoms with Gasteiger partial charge >= 0.3 is 5.69 Å². The number of hydrogen-bond donors (Lipinski definition) is 2. The summed E-state index contributed by atoms with van der Waals surface area (Å²) in [6, 6.07) is 0. The molecule has 0 amide bonds. The second-order valence-electron chi connectivity index (χ2n) is 3.21. The number of hydrogen-bond acceptors (Lipinski definition) is 6. The molecule has 0 aromatic carbocycles.